The molecule has 1 heterocycles. The minimum Gasteiger partial charge on any atom is -0.351 e. The Morgan fingerprint density at radius 1 is 1.40 bits per heavy atom. The van der Waals surface area contributed by atoms with Gasteiger partial charge in [0, 0.05) is 17.4 Å². The number of rotatable bonds is 6. The van der Waals surface area contributed by atoms with Crippen LogP contribution in [0.5, 0.6) is 0 Å². The van der Waals surface area contributed by atoms with E-state index in [-0.39, 0.29) is 12.5 Å². The van der Waals surface area contributed by atoms with Gasteiger partial charge in [-0.15, -0.1) is 11.7 Å². The first-order chi connectivity index (χ1) is 9.69. The minimum absolute atomic E-state index is 0.104. The third kappa shape index (κ3) is 3.99. The molecule has 1 aromatic heterocycles. The van der Waals surface area contributed by atoms with Crippen LogP contribution < -0.4 is 5.32 Å². The molecule has 0 aliphatic carbocycles. The van der Waals surface area contributed by atoms with Gasteiger partial charge >= 0.3 is 0 Å². The molecule has 0 saturated carbocycles. The molecule has 0 fully saturated rings. The van der Waals surface area contributed by atoms with Gasteiger partial charge in [0.05, 0.1) is 0 Å². The molecule has 20 heavy (non-hydrogen) atoms. The number of carbonyl (C=O) groups is 1. The zero-order valence-corrected chi connectivity index (χ0v) is 12.4. The molecule has 7 heteroatoms. The summed E-state index contributed by atoms with van der Waals surface area (Å²) in [6.07, 6.45) is 2.20. The maximum atomic E-state index is 11.6. The van der Waals surface area contributed by atoms with Crippen LogP contribution in [0, 0.1) is 0 Å². The number of amides is 1. The molecular formula is C13H14BrN5O. The Balaban J connectivity index is 2.03. The molecule has 0 unspecified atom stereocenters. The lowest BCUT2D eigenvalue weighted by Gasteiger charge is -2.05. The maximum Gasteiger partial charge on any atom is 0.242 e. The standard InChI is InChI=1S/C13H14BrN5O/c1-2-7-15-13(20)9-19-12(16-17-18-19)8-10-3-5-11(14)6-4-10/h2-6H,1,7-9H2,(H,15,20). The average Bonchev–Trinajstić information content (AvgIpc) is 2.86. The molecule has 0 spiro atoms. The first-order valence-electron chi connectivity index (χ1n) is 6.06. The number of carbonyl (C=O) groups excluding carboxylic acids is 1. The Kier molecular flexibility index (Phi) is 5.00. The fraction of sp³-hybridized carbons (Fsp3) is 0.231. The van der Waals surface area contributed by atoms with Crippen LogP contribution in [0.15, 0.2) is 41.4 Å². The van der Waals surface area contributed by atoms with Gasteiger partial charge in [0.15, 0.2) is 5.82 Å². The molecule has 0 saturated heterocycles. The van der Waals surface area contributed by atoms with E-state index in [1.807, 2.05) is 24.3 Å². The number of aromatic nitrogens is 4. The number of nitrogens with zero attached hydrogens (tertiary/aromatic N) is 4. The zero-order valence-electron chi connectivity index (χ0n) is 10.8. The number of halogens is 1. The molecule has 0 radical (unpaired) electrons. The van der Waals surface area contributed by atoms with Crippen LogP contribution >= 0.6 is 15.9 Å². The Hall–Kier alpha value is -2.02. The smallest absolute Gasteiger partial charge is 0.242 e. The summed E-state index contributed by atoms with van der Waals surface area (Å²) in [6.45, 7) is 4.08. The van der Waals surface area contributed by atoms with Gasteiger partial charge < -0.3 is 5.32 Å². The van der Waals surface area contributed by atoms with Crippen molar-refractivity contribution in [2.45, 2.75) is 13.0 Å². The van der Waals surface area contributed by atoms with Crippen LogP contribution in [0.2, 0.25) is 0 Å². The minimum atomic E-state index is -0.144. The number of hydrogen-bond donors (Lipinski definition) is 1. The number of hydrogen-bond acceptors (Lipinski definition) is 4. The summed E-state index contributed by atoms with van der Waals surface area (Å²) in [7, 11) is 0. The molecule has 104 valence electrons. The molecule has 6 nitrogen and oxygen atoms in total. The highest BCUT2D eigenvalue weighted by atomic mass is 79.9. The largest absolute Gasteiger partial charge is 0.351 e. The molecule has 1 N–H and O–H groups in total. The van der Waals surface area contributed by atoms with E-state index in [1.54, 1.807) is 6.08 Å². The van der Waals surface area contributed by atoms with Crippen LogP contribution in [0.25, 0.3) is 0 Å². The van der Waals surface area contributed by atoms with Crippen molar-refractivity contribution in [3.63, 3.8) is 0 Å². The van der Waals surface area contributed by atoms with Gasteiger partial charge in [-0.25, -0.2) is 4.68 Å². The van der Waals surface area contributed by atoms with Crippen molar-refractivity contribution in [2.24, 2.45) is 0 Å². The van der Waals surface area contributed by atoms with E-state index < -0.39 is 0 Å². The molecule has 0 bridgehead atoms. The van der Waals surface area contributed by atoms with Gasteiger partial charge in [-0.2, -0.15) is 0 Å². The van der Waals surface area contributed by atoms with Crippen LogP contribution in [-0.4, -0.2) is 32.7 Å². The Morgan fingerprint density at radius 3 is 2.85 bits per heavy atom. The summed E-state index contributed by atoms with van der Waals surface area (Å²) in [5, 5.41) is 14.1. The lowest BCUT2D eigenvalue weighted by molar-refractivity contribution is -0.121. The van der Waals surface area contributed by atoms with E-state index in [4.69, 9.17) is 0 Å². The molecule has 1 aromatic carbocycles. The van der Waals surface area contributed by atoms with Gasteiger partial charge in [0.2, 0.25) is 5.91 Å². The van der Waals surface area contributed by atoms with Gasteiger partial charge in [-0.1, -0.05) is 34.1 Å². The second-order valence-corrected chi connectivity index (χ2v) is 5.06. The maximum absolute atomic E-state index is 11.6. The van der Waals surface area contributed by atoms with E-state index in [9.17, 15) is 4.79 Å². The lowest BCUT2D eigenvalue weighted by atomic mass is 10.1. The van der Waals surface area contributed by atoms with Gasteiger partial charge in [0.25, 0.3) is 0 Å². The quantitative estimate of drug-likeness (QED) is 0.808. The SMILES string of the molecule is C=CCNC(=O)Cn1nnnc1Cc1ccc(Br)cc1. The van der Waals surface area contributed by atoms with Crippen molar-refractivity contribution in [3.8, 4) is 0 Å². The van der Waals surface area contributed by atoms with Crippen molar-refractivity contribution in [1.82, 2.24) is 25.5 Å². The highest BCUT2D eigenvalue weighted by Crippen LogP contribution is 2.12. The van der Waals surface area contributed by atoms with Crippen molar-refractivity contribution in [2.75, 3.05) is 6.54 Å². The van der Waals surface area contributed by atoms with E-state index in [0.29, 0.717) is 18.8 Å². The Bertz CT molecular complexity index is 593. The number of benzene rings is 1. The second kappa shape index (κ2) is 6.95. The summed E-state index contributed by atoms with van der Waals surface area (Å²) < 4.78 is 2.52. The molecule has 0 atom stereocenters. The third-order valence-electron chi connectivity index (χ3n) is 2.62. The summed E-state index contributed by atoms with van der Waals surface area (Å²) in [5.74, 6) is 0.510. The van der Waals surface area contributed by atoms with Crippen LogP contribution in [-0.2, 0) is 17.8 Å². The van der Waals surface area contributed by atoms with Crippen molar-refractivity contribution >= 4 is 21.8 Å². The van der Waals surface area contributed by atoms with Crippen molar-refractivity contribution < 1.29 is 4.79 Å². The van der Waals surface area contributed by atoms with Crippen LogP contribution in [0.3, 0.4) is 0 Å². The molecule has 1 amide bonds. The van der Waals surface area contributed by atoms with E-state index in [0.717, 1.165) is 10.0 Å². The monoisotopic (exact) mass is 335 g/mol. The number of nitrogens with one attached hydrogen (secondary N) is 1. The fourth-order valence-electron chi connectivity index (χ4n) is 1.64. The van der Waals surface area contributed by atoms with E-state index >= 15 is 0 Å². The third-order valence-corrected chi connectivity index (χ3v) is 3.15. The van der Waals surface area contributed by atoms with Crippen molar-refractivity contribution in [3.05, 3.63) is 52.8 Å². The van der Waals surface area contributed by atoms with Gasteiger partial charge in [-0.3, -0.25) is 4.79 Å². The highest BCUT2D eigenvalue weighted by molar-refractivity contribution is 9.10. The summed E-state index contributed by atoms with van der Waals surface area (Å²) >= 11 is 3.39. The molecule has 2 aromatic rings. The van der Waals surface area contributed by atoms with Crippen molar-refractivity contribution in [1.29, 1.82) is 0 Å². The lowest BCUT2D eigenvalue weighted by Crippen LogP contribution is -2.28. The second-order valence-electron chi connectivity index (χ2n) is 4.15. The Labute approximate surface area is 125 Å². The topological polar surface area (TPSA) is 72.7 Å². The molecule has 2 rings (SSSR count). The van der Waals surface area contributed by atoms with E-state index in [1.165, 1.54) is 4.68 Å². The zero-order chi connectivity index (χ0) is 14.4. The number of tetrazole rings is 1. The summed E-state index contributed by atoms with van der Waals surface area (Å²) in [5.41, 5.74) is 1.08. The normalized spacial score (nSPS) is 10.2. The summed E-state index contributed by atoms with van der Waals surface area (Å²) in [4.78, 5) is 11.6. The molecule has 0 aliphatic rings. The summed E-state index contributed by atoms with van der Waals surface area (Å²) in [6, 6.07) is 7.89. The molecular weight excluding hydrogens is 322 g/mol. The fourth-order valence-corrected chi connectivity index (χ4v) is 1.90. The van der Waals surface area contributed by atoms with Gasteiger partial charge in [0.1, 0.15) is 6.54 Å². The highest BCUT2D eigenvalue weighted by Gasteiger charge is 2.10. The van der Waals surface area contributed by atoms with Crippen LogP contribution in [0.4, 0.5) is 0 Å². The first-order valence-corrected chi connectivity index (χ1v) is 6.85. The predicted molar refractivity (Wildman–Crippen MR) is 78.0 cm³/mol. The predicted octanol–water partition coefficient (Wildman–Crippen LogP) is 1.33. The van der Waals surface area contributed by atoms with Crippen LogP contribution in [0.1, 0.15) is 11.4 Å². The Morgan fingerprint density at radius 2 is 2.15 bits per heavy atom. The van der Waals surface area contributed by atoms with E-state index in [2.05, 4.69) is 43.4 Å². The van der Waals surface area contributed by atoms with Gasteiger partial charge in [-0.05, 0) is 28.1 Å². The molecule has 0 aliphatic heterocycles. The average molecular weight is 336 g/mol. The first kappa shape index (κ1) is 14.4.